The van der Waals surface area contributed by atoms with Crippen LogP contribution in [0.5, 0.6) is 5.88 Å². The monoisotopic (exact) mass is 339 g/mol. The molecule has 4 aromatic rings. The Morgan fingerprint density at radius 3 is 2.75 bits per heavy atom. The number of benzene rings is 1. The Hall–Kier alpha value is -3.00. The van der Waals surface area contributed by atoms with E-state index in [4.69, 9.17) is 9.15 Å². The largest absolute Gasteiger partial charge is 0.479 e. The van der Waals surface area contributed by atoms with E-state index in [-0.39, 0.29) is 6.01 Å². The van der Waals surface area contributed by atoms with E-state index in [1.807, 2.05) is 37.3 Å². The van der Waals surface area contributed by atoms with E-state index in [1.165, 1.54) is 16.9 Å². The summed E-state index contributed by atoms with van der Waals surface area (Å²) in [6.45, 7) is 2.03. The van der Waals surface area contributed by atoms with Crippen molar-refractivity contribution in [2.45, 2.75) is 6.92 Å². The van der Waals surface area contributed by atoms with Gasteiger partial charge in [-0.3, -0.25) is 5.32 Å². The summed E-state index contributed by atoms with van der Waals surface area (Å²) in [5.41, 5.74) is 2.75. The lowest BCUT2D eigenvalue weighted by atomic mass is 10.1. The summed E-state index contributed by atoms with van der Waals surface area (Å²) in [5, 5.41) is 11.7. The van der Waals surface area contributed by atoms with Gasteiger partial charge in [-0.2, -0.15) is 0 Å². The molecule has 120 valence electrons. The summed E-state index contributed by atoms with van der Waals surface area (Å²) in [4.78, 5) is 8.60. The van der Waals surface area contributed by atoms with E-state index < -0.39 is 0 Å². The zero-order valence-corrected chi connectivity index (χ0v) is 13.8. The van der Waals surface area contributed by atoms with Crippen LogP contribution in [0.3, 0.4) is 0 Å². The lowest BCUT2D eigenvalue weighted by Gasteiger charge is -1.97. The summed E-state index contributed by atoms with van der Waals surface area (Å²) in [7, 11) is 1.57. The Labute approximate surface area is 141 Å². The lowest BCUT2D eigenvalue weighted by Crippen LogP contribution is -1.90. The minimum atomic E-state index is 0.288. The first-order chi connectivity index (χ1) is 11.7. The van der Waals surface area contributed by atoms with Crippen molar-refractivity contribution in [2.75, 3.05) is 12.4 Å². The van der Waals surface area contributed by atoms with Gasteiger partial charge in [0.2, 0.25) is 11.8 Å². The average molecular weight is 339 g/mol. The molecule has 3 heterocycles. The van der Waals surface area contributed by atoms with Crippen LogP contribution in [0.4, 0.5) is 11.1 Å². The van der Waals surface area contributed by atoms with Gasteiger partial charge in [-0.15, -0.1) is 5.10 Å². The number of thiazole rings is 1. The predicted octanol–water partition coefficient (Wildman–Crippen LogP) is 3.80. The van der Waals surface area contributed by atoms with Gasteiger partial charge in [0.25, 0.3) is 0 Å². The van der Waals surface area contributed by atoms with Crippen molar-refractivity contribution in [3.8, 4) is 17.3 Å². The number of aromatic nitrogens is 4. The summed E-state index contributed by atoms with van der Waals surface area (Å²) < 4.78 is 11.8. The van der Waals surface area contributed by atoms with Crippen LogP contribution in [0.15, 0.2) is 40.9 Å². The fourth-order valence-corrected chi connectivity index (χ4v) is 3.05. The fraction of sp³-hybridized carbons (Fsp3) is 0.125. The van der Waals surface area contributed by atoms with Crippen molar-refractivity contribution in [3.05, 3.63) is 42.1 Å². The average Bonchev–Trinajstić information content (AvgIpc) is 3.22. The van der Waals surface area contributed by atoms with Crippen molar-refractivity contribution < 1.29 is 9.15 Å². The van der Waals surface area contributed by atoms with Crippen LogP contribution in [-0.2, 0) is 0 Å². The molecule has 0 aliphatic carbocycles. The molecule has 0 atom stereocenters. The zero-order valence-electron chi connectivity index (χ0n) is 13.0. The SMILES string of the molecule is COc1nccc2sc(Nc3nnc(-c4ccc(C)cc4)o3)nc12. The highest BCUT2D eigenvalue weighted by atomic mass is 32.1. The van der Waals surface area contributed by atoms with Gasteiger partial charge in [0, 0.05) is 11.8 Å². The third-order valence-corrected chi connectivity index (χ3v) is 4.34. The number of fused-ring (bicyclic) bond motifs is 1. The molecule has 0 amide bonds. The first-order valence-electron chi connectivity index (χ1n) is 7.20. The van der Waals surface area contributed by atoms with E-state index in [1.54, 1.807) is 13.3 Å². The van der Waals surface area contributed by atoms with Crippen molar-refractivity contribution >= 4 is 32.7 Å². The molecule has 0 aliphatic rings. The third-order valence-electron chi connectivity index (χ3n) is 3.40. The van der Waals surface area contributed by atoms with Crippen LogP contribution in [-0.4, -0.2) is 27.3 Å². The molecule has 0 unspecified atom stereocenters. The maximum atomic E-state index is 5.65. The molecule has 24 heavy (non-hydrogen) atoms. The highest BCUT2D eigenvalue weighted by Crippen LogP contribution is 2.32. The third kappa shape index (κ3) is 2.67. The van der Waals surface area contributed by atoms with Gasteiger partial charge < -0.3 is 9.15 Å². The molecule has 3 aromatic heterocycles. The highest BCUT2D eigenvalue weighted by Gasteiger charge is 2.13. The number of hydrogen-bond donors (Lipinski definition) is 1. The van der Waals surface area contributed by atoms with Gasteiger partial charge in [-0.25, -0.2) is 9.97 Å². The van der Waals surface area contributed by atoms with Gasteiger partial charge >= 0.3 is 6.01 Å². The molecule has 0 saturated carbocycles. The highest BCUT2D eigenvalue weighted by molar-refractivity contribution is 7.22. The van der Waals surface area contributed by atoms with Crippen LogP contribution >= 0.6 is 11.3 Å². The Morgan fingerprint density at radius 2 is 1.96 bits per heavy atom. The first kappa shape index (κ1) is 14.6. The number of aryl methyl sites for hydroxylation is 1. The first-order valence-corrected chi connectivity index (χ1v) is 8.01. The second-order valence-corrected chi connectivity index (χ2v) is 6.12. The van der Waals surface area contributed by atoms with Crippen LogP contribution < -0.4 is 10.1 Å². The van der Waals surface area contributed by atoms with E-state index in [9.17, 15) is 0 Å². The predicted molar refractivity (Wildman–Crippen MR) is 91.7 cm³/mol. The van der Waals surface area contributed by atoms with Gasteiger partial charge in [0.15, 0.2) is 5.13 Å². The van der Waals surface area contributed by atoms with Crippen LogP contribution in [0.25, 0.3) is 21.7 Å². The Morgan fingerprint density at radius 1 is 1.12 bits per heavy atom. The molecule has 8 heteroatoms. The molecular formula is C16H13N5O2S. The van der Waals surface area contributed by atoms with Crippen LogP contribution in [0.1, 0.15) is 5.56 Å². The van der Waals surface area contributed by atoms with Crippen molar-refractivity contribution in [1.82, 2.24) is 20.2 Å². The summed E-state index contributed by atoms with van der Waals surface area (Å²) in [6, 6.07) is 10.1. The standard InChI is InChI=1S/C16H13N5O2S/c1-9-3-5-10(6-4-9)13-20-21-15(23-13)19-16-18-12-11(24-16)7-8-17-14(12)22-2/h3-8H,1-2H3,(H,18,19,21). The number of nitrogens with zero attached hydrogens (tertiary/aromatic N) is 4. The lowest BCUT2D eigenvalue weighted by molar-refractivity contribution is 0.402. The molecular weight excluding hydrogens is 326 g/mol. The minimum absolute atomic E-state index is 0.288. The molecule has 1 N–H and O–H groups in total. The van der Waals surface area contributed by atoms with Gasteiger partial charge in [0.1, 0.15) is 5.52 Å². The molecule has 0 saturated heterocycles. The number of anilines is 2. The molecule has 0 fully saturated rings. The number of pyridine rings is 1. The van der Waals surface area contributed by atoms with E-state index in [0.717, 1.165) is 10.3 Å². The Kier molecular flexibility index (Phi) is 3.58. The van der Waals surface area contributed by atoms with Crippen LogP contribution in [0.2, 0.25) is 0 Å². The number of ether oxygens (including phenoxy) is 1. The Balaban J connectivity index is 1.61. The number of nitrogens with one attached hydrogen (secondary N) is 1. The van der Waals surface area contributed by atoms with Crippen molar-refractivity contribution in [1.29, 1.82) is 0 Å². The van der Waals surface area contributed by atoms with E-state index in [2.05, 4.69) is 25.5 Å². The van der Waals surface area contributed by atoms with Crippen molar-refractivity contribution in [2.24, 2.45) is 0 Å². The molecule has 0 aliphatic heterocycles. The summed E-state index contributed by atoms with van der Waals surface area (Å²) in [5.74, 6) is 0.945. The maximum Gasteiger partial charge on any atom is 0.322 e. The maximum absolute atomic E-state index is 5.65. The fourth-order valence-electron chi connectivity index (χ4n) is 2.21. The molecule has 0 spiro atoms. The normalized spacial score (nSPS) is 10.9. The topological polar surface area (TPSA) is 86.0 Å². The second kappa shape index (κ2) is 5.89. The minimum Gasteiger partial charge on any atom is -0.479 e. The van der Waals surface area contributed by atoms with Gasteiger partial charge in [-0.05, 0) is 25.1 Å². The number of methoxy groups -OCH3 is 1. The molecule has 0 bridgehead atoms. The number of rotatable bonds is 4. The molecule has 4 rings (SSSR count). The van der Waals surface area contributed by atoms with Gasteiger partial charge in [0.05, 0.1) is 11.8 Å². The van der Waals surface area contributed by atoms with E-state index in [0.29, 0.717) is 22.4 Å². The quantitative estimate of drug-likeness (QED) is 0.605. The zero-order chi connectivity index (χ0) is 16.5. The van der Waals surface area contributed by atoms with Crippen molar-refractivity contribution in [3.63, 3.8) is 0 Å². The molecule has 1 aromatic carbocycles. The van der Waals surface area contributed by atoms with E-state index >= 15 is 0 Å². The smallest absolute Gasteiger partial charge is 0.322 e. The molecule has 7 nitrogen and oxygen atoms in total. The Bertz CT molecular complexity index is 993. The number of hydrogen-bond acceptors (Lipinski definition) is 8. The second-order valence-electron chi connectivity index (χ2n) is 5.09. The summed E-state index contributed by atoms with van der Waals surface area (Å²) in [6.07, 6.45) is 1.69. The summed E-state index contributed by atoms with van der Waals surface area (Å²) >= 11 is 1.46. The van der Waals surface area contributed by atoms with Crippen LogP contribution in [0, 0.1) is 6.92 Å². The molecule has 0 radical (unpaired) electrons. The van der Waals surface area contributed by atoms with Gasteiger partial charge in [-0.1, -0.05) is 34.1 Å².